The number of hydrogen-bond acceptors (Lipinski definition) is 4. The fourth-order valence-corrected chi connectivity index (χ4v) is 2.47. The third-order valence-electron chi connectivity index (χ3n) is 3.78. The Morgan fingerprint density at radius 2 is 1.52 bits per heavy atom. The SMILES string of the molecule is COc1ccccc1Oc1ccc(NC(=O)COCc2ccccc2)cc1. The van der Waals surface area contributed by atoms with E-state index in [4.69, 9.17) is 14.2 Å². The summed E-state index contributed by atoms with van der Waals surface area (Å²) in [6, 6.07) is 24.3. The second kappa shape index (κ2) is 9.40. The second-order valence-corrected chi connectivity index (χ2v) is 5.80. The van der Waals surface area contributed by atoms with Crippen LogP contribution in [0.25, 0.3) is 0 Å². The first kappa shape index (κ1) is 18.5. The molecule has 0 saturated carbocycles. The lowest BCUT2D eigenvalue weighted by atomic mass is 10.2. The third-order valence-corrected chi connectivity index (χ3v) is 3.78. The van der Waals surface area contributed by atoms with Gasteiger partial charge in [-0.2, -0.15) is 0 Å². The Balaban J connectivity index is 1.49. The largest absolute Gasteiger partial charge is 0.493 e. The summed E-state index contributed by atoms with van der Waals surface area (Å²) in [6.45, 7) is 0.397. The Kier molecular flexibility index (Phi) is 6.44. The van der Waals surface area contributed by atoms with Crippen LogP contribution in [-0.2, 0) is 16.1 Å². The number of benzene rings is 3. The van der Waals surface area contributed by atoms with Crippen molar-refractivity contribution in [1.82, 2.24) is 0 Å². The van der Waals surface area contributed by atoms with E-state index >= 15 is 0 Å². The van der Waals surface area contributed by atoms with Gasteiger partial charge < -0.3 is 19.5 Å². The lowest BCUT2D eigenvalue weighted by Gasteiger charge is -2.11. The van der Waals surface area contributed by atoms with Crippen molar-refractivity contribution in [2.45, 2.75) is 6.61 Å². The zero-order valence-corrected chi connectivity index (χ0v) is 15.1. The van der Waals surface area contributed by atoms with Crippen LogP contribution in [0.3, 0.4) is 0 Å². The maximum absolute atomic E-state index is 12.0. The highest BCUT2D eigenvalue weighted by Crippen LogP contribution is 2.31. The van der Waals surface area contributed by atoms with Gasteiger partial charge in [0.1, 0.15) is 12.4 Å². The van der Waals surface area contributed by atoms with Gasteiger partial charge in [0.05, 0.1) is 13.7 Å². The van der Waals surface area contributed by atoms with Crippen molar-refractivity contribution < 1.29 is 19.0 Å². The molecule has 0 aliphatic heterocycles. The highest BCUT2D eigenvalue weighted by Gasteiger charge is 2.06. The molecule has 5 heteroatoms. The minimum absolute atomic E-state index is 0.00560. The molecule has 5 nitrogen and oxygen atoms in total. The topological polar surface area (TPSA) is 56.8 Å². The van der Waals surface area contributed by atoms with Crippen LogP contribution < -0.4 is 14.8 Å². The van der Waals surface area contributed by atoms with E-state index in [2.05, 4.69) is 5.32 Å². The van der Waals surface area contributed by atoms with Gasteiger partial charge in [-0.3, -0.25) is 4.79 Å². The van der Waals surface area contributed by atoms with Crippen LogP contribution in [0.1, 0.15) is 5.56 Å². The van der Waals surface area contributed by atoms with Crippen molar-refractivity contribution in [3.8, 4) is 17.2 Å². The van der Waals surface area contributed by atoms with E-state index in [1.54, 1.807) is 31.4 Å². The molecule has 0 spiro atoms. The quantitative estimate of drug-likeness (QED) is 0.633. The normalized spacial score (nSPS) is 10.3. The number of methoxy groups -OCH3 is 1. The van der Waals surface area contributed by atoms with Crippen molar-refractivity contribution in [3.05, 3.63) is 84.4 Å². The molecule has 3 rings (SSSR count). The van der Waals surface area contributed by atoms with Crippen molar-refractivity contribution in [2.75, 3.05) is 19.0 Å². The molecule has 3 aromatic rings. The Hall–Kier alpha value is -3.31. The molecule has 0 aromatic heterocycles. The number of para-hydroxylation sites is 2. The lowest BCUT2D eigenvalue weighted by Crippen LogP contribution is -2.18. The van der Waals surface area contributed by atoms with Crippen molar-refractivity contribution in [3.63, 3.8) is 0 Å². The molecule has 0 saturated heterocycles. The smallest absolute Gasteiger partial charge is 0.250 e. The molecule has 0 unspecified atom stereocenters. The van der Waals surface area contributed by atoms with Crippen LogP contribution in [0, 0.1) is 0 Å². The van der Waals surface area contributed by atoms with Gasteiger partial charge in [-0.15, -0.1) is 0 Å². The van der Waals surface area contributed by atoms with Gasteiger partial charge in [0.2, 0.25) is 5.91 Å². The monoisotopic (exact) mass is 363 g/mol. The zero-order valence-electron chi connectivity index (χ0n) is 15.1. The summed E-state index contributed by atoms with van der Waals surface area (Å²) in [4.78, 5) is 12.0. The summed E-state index contributed by atoms with van der Waals surface area (Å²) >= 11 is 0. The predicted molar refractivity (Wildman–Crippen MR) is 104 cm³/mol. The average Bonchev–Trinajstić information content (AvgIpc) is 2.71. The van der Waals surface area contributed by atoms with E-state index in [1.165, 1.54) is 0 Å². The molecule has 0 radical (unpaired) electrons. The minimum atomic E-state index is -0.204. The number of rotatable bonds is 8. The van der Waals surface area contributed by atoms with Crippen LogP contribution in [0.4, 0.5) is 5.69 Å². The maximum atomic E-state index is 12.0. The Labute approximate surface area is 158 Å². The summed E-state index contributed by atoms with van der Waals surface area (Å²) in [7, 11) is 1.60. The van der Waals surface area contributed by atoms with Crippen molar-refractivity contribution in [2.24, 2.45) is 0 Å². The molecule has 0 aliphatic carbocycles. The first-order valence-electron chi connectivity index (χ1n) is 8.57. The number of carbonyl (C=O) groups is 1. The van der Waals surface area contributed by atoms with E-state index in [1.807, 2.05) is 54.6 Å². The molecule has 1 N–H and O–H groups in total. The van der Waals surface area contributed by atoms with E-state index in [-0.39, 0.29) is 12.5 Å². The van der Waals surface area contributed by atoms with E-state index < -0.39 is 0 Å². The highest BCUT2D eigenvalue weighted by atomic mass is 16.5. The second-order valence-electron chi connectivity index (χ2n) is 5.80. The lowest BCUT2D eigenvalue weighted by molar-refractivity contribution is -0.121. The Morgan fingerprint density at radius 3 is 2.22 bits per heavy atom. The van der Waals surface area contributed by atoms with Crippen LogP contribution in [0.2, 0.25) is 0 Å². The summed E-state index contributed by atoms with van der Waals surface area (Å²) in [5, 5.41) is 2.80. The molecular formula is C22H21NO4. The van der Waals surface area contributed by atoms with Gasteiger partial charge in [-0.25, -0.2) is 0 Å². The standard InChI is InChI=1S/C22H21NO4/c1-25-20-9-5-6-10-21(20)27-19-13-11-18(12-14-19)23-22(24)16-26-15-17-7-3-2-4-8-17/h2-14H,15-16H2,1H3,(H,23,24). The number of nitrogens with one attached hydrogen (secondary N) is 1. The van der Waals surface area contributed by atoms with Crippen LogP contribution in [-0.4, -0.2) is 19.6 Å². The molecule has 0 fully saturated rings. The van der Waals surface area contributed by atoms with Gasteiger partial charge in [-0.05, 0) is 42.0 Å². The van der Waals surface area contributed by atoms with Crippen LogP contribution in [0.5, 0.6) is 17.2 Å². The zero-order chi connectivity index (χ0) is 18.9. The van der Waals surface area contributed by atoms with Crippen LogP contribution in [0.15, 0.2) is 78.9 Å². The van der Waals surface area contributed by atoms with E-state index in [0.29, 0.717) is 29.5 Å². The Morgan fingerprint density at radius 1 is 0.852 bits per heavy atom. The number of carbonyl (C=O) groups excluding carboxylic acids is 1. The maximum Gasteiger partial charge on any atom is 0.250 e. The fourth-order valence-electron chi connectivity index (χ4n) is 2.47. The first-order chi connectivity index (χ1) is 13.2. The molecule has 0 bridgehead atoms. The van der Waals surface area contributed by atoms with Gasteiger partial charge in [0.25, 0.3) is 0 Å². The number of amides is 1. The highest BCUT2D eigenvalue weighted by molar-refractivity contribution is 5.91. The summed E-state index contributed by atoms with van der Waals surface area (Å²) < 4.78 is 16.5. The molecule has 1 amide bonds. The first-order valence-corrected chi connectivity index (χ1v) is 8.57. The summed E-state index contributed by atoms with van der Waals surface area (Å²) in [5.74, 6) is 1.73. The molecule has 0 heterocycles. The average molecular weight is 363 g/mol. The minimum Gasteiger partial charge on any atom is -0.493 e. The van der Waals surface area contributed by atoms with E-state index in [0.717, 1.165) is 5.56 Å². The van der Waals surface area contributed by atoms with Crippen molar-refractivity contribution in [1.29, 1.82) is 0 Å². The fraction of sp³-hybridized carbons (Fsp3) is 0.136. The van der Waals surface area contributed by atoms with Gasteiger partial charge in [0, 0.05) is 5.69 Å². The summed E-state index contributed by atoms with van der Waals surface area (Å²) in [5.41, 5.74) is 1.71. The van der Waals surface area contributed by atoms with Gasteiger partial charge >= 0.3 is 0 Å². The third kappa shape index (κ3) is 5.59. The van der Waals surface area contributed by atoms with Gasteiger partial charge in [0.15, 0.2) is 11.5 Å². The van der Waals surface area contributed by atoms with Crippen molar-refractivity contribution >= 4 is 11.6 Å². The molecule has 3 aromatic carbocycles. The molecule has 138 valence electrons. The molecule has 0 atom stereocenters. The number of anilines is 1. The number of ether oxygens (including phenoxy) is 3. The van der Waals surface area contributed by atoms with E-state index in [9.17, 15) is 4.79 Å². The molecular weight excluding hydrogens is 342 g/mol. The molecule has 27 heavy (non-hydrogen) atoms. The number of hydrogen-bond donors (Lipinski definition) is 1. The van der Waals surface area contributed by atoms with Crippen LogP contribution >= 0.6 is 0 Å². The predicted octanol–water partition coefficient (Wildman–Crippen LogP) is 4.64. The summed E-state index contributed by atoms with van der Waals surface area (Å²) in [6.07, 6.45) is 0. The molecule has 0 aliphatic rings. The Bertz CT molecular complexity index is 863. The van der Waals surface area contributed by atoms with Gasteiger partial charge in [-0.1, -0.05) is 42.5 Å².